The van der Waals surface area contributed by atoms with E-state index < -0.39 is 18.0 Å². The maximum atomic E-state index is 14.8. The first-order chi connectivity index (χ1) is 18.5. The van der Waals surface area contributed by atoms with Crippen molar-refractivity contribution in [2.75, 3.05) is 6.61 Å². The molecule has 3 rings (SSSR count). The fourth-order valence-corrected chi connectivity index (χ4v) is 4.86. The van der Waals surface area contributed by atoms with E-state index in [0.29, 0.717) is 37.3 Å². The van der Waals surface area contributed by atoms with Gasteiger partial charge in [-0.15, -0.1) is 0 Å². The van der Waals surface area contributed by atoms with Crippen molar-refractivity contribution in [3.63, 3.8) is 0 Å². The number of carbonyl (C=O) groups is 1. The summed E-state index contributed by atoms with van der Waals surface area (Å²) in [5.41, 5.74) is 1.73. The number of alkyl halides is 1. The molecule has 7 heteroatoms. The zero-order chi connectivity index (χ0) is 27.2. The van der Waals surface area contributed by atoms with Crippen LogP contribution < -0.4 is 4.74 Å². The van der Waals surface area contributed by atoms with E-state index in [2.05, 4.69) is 16.9 Å². The highest BCUT2D eigenvalue weighted by atomic mass is 19.1. The van der Waals surface area contributed by atoms with E-state index in [-0.39, 0.29) is 24.2 Å². The Morgan fingerprint density at radius 1 is 0.974 bits per heavy atom. The predicted molar refractivity (Wildman–Crippen MR) is 146 cm³/mol. The Morgan fingerprint density at radius 3 is 2.34 bits per heavy atom. The van der Waals surface area contributed by atoms with E-state index in [1.165, 1.54) is 38.2 Å². The number of hydrogen-bond donors (Lipinski definition) is 0. The van der Waals surface area contributed by atoms with Crippen LogP contribution in [-0.4, -0.2) is 34.8 Å². The van der Waals surface area contributed by atoms with Gasteiger partial charge in [-0.25, -0.2) is 23.5 Å². The van der Waals surface area contributed by atoms with Crippen molar-refractivity contribution in [3.05, 3.63) is 42.0 Å². The Kier molecular flexibility index (Phi) is 12.9. The van der Waals surface area contributed by atoms with Crippen LogP contribution in [0.1, 0.15) is 103 Å². The van der Waals surface area contributed by atoms with Crippen molar-refractivity contribution < 1.29 is 23.0 Å². The van der Waals surface area contributed by atoms with Gasteiger partial charge in [0.25, 0.3) is 0 Å². The second kappa shape index (κ2) is 16.4. The molecule has 1 aromatic heterocycles. The molecule has 0 amide bonds. The minimum Gasteiger partial charge on any atom is -0.490 e. The summed E-state index contributed by atoms with van der Waals surface area (Å²) in [6, 6.07) is 4.83. The standard InChI is InChI=1S/C31H44F2N2O3/c1-3-5-7-8-9-10-11-24-20-34-30(35-21-24)25-15-18-29(28(33)19-25)37-22-23-13-16-26(17-14-23)38-31(36)27(32)12-6-4-2/h15,18-21,23,26-27H,3-14,16-17,22H2,1-2H3/t23?,26?,27-/m0/s1. The van der Waals surface area contributed by atoms with Crippen LogP contribution in [0.5, 0.6) is 5.75 Å². The fraction of sp³-hybridized carbons (Fsp3) is 0.645. The molecule has 5 nitrogen and oxygen atoms in total. The monoisotopic (exact) mass is 530 g/mol. The number of benzene rings is 1. The van der Waals surface area contributed by atoms with Crippen LogP contribution in [0.3, 0.4) is 0 Å². The zero-order valence-electron chi connectivity index (χ0n) is 23.1. The largest absolute Gasteiger partial charge is 0.490 e. The Balaban J connectivity index is 1.40. The minimum atomic E-state index is -1.53. The predicted octanol–water partition coefficient (Wildman–Crippen LogP) is 8.19. The van der Waals surface area contributed by atoms with Crippen LogP contribution in [0, 0.1) is 11.7 Å². The molecular formula is C31H44F2N2O3. The molecule has 1 heterocycles. The Hall–Kier alpha value is -2.57. The number of nitrogens with zero attached hydrogens (tertiary/aromatic N) is 2. The second-order valence-electron chi connectivity index (χ2n) is 10.6. The normalized spacial score (nSPS) is 18.2. The van der Waals surface area contributed by atoms with Gasteiger partial charge < -0.3 is 9.47 Å². The van der Waals surface area contributed by atoms with E-state index in [1.807, 2.05) is 19.3 Å². The van der Waals surface area contributed by atoms with Crippen LogP contribution in [0.15, 0.2) is 30.6 Å². The van der Waals surface area contributed by atoms with Crippen molar-refractivity contribution in [1.29, 1.82) is 0 Å². The Morgan fingerprint density at radius 2 is 1.66 bits per heavy atom. The van der Waals surface area contributed by atoms with Gasteiger partial charge >= 0.3 is 5.97 Å². The summed E-state index contributed by atoms with van der Waals surface area (Å²) in [6.45, 7) is 4.58. The second-order valence-corrected chi connectivity index (χ2v) is 10.6. The fourth-order valence-electron chi connectivity index (χ4n) is 4.86. The molecule has 0 unspecified atom stereocenters. The third kappa shape index (κ3) is 9.95. The van der Waals surface area contributed by atoms with E-state index in [4.69, 9.17) is 9.47 Å². The molecule has 1 aliphatic carbocycles. The molecule has 0 aliphatic heterocycles. The lowest BCUT2D eigenvalue weighted by Gasteiger charge is -2.28. The Labute approximate surface area is 226 Å². The summed E-state index contributed by atoms with van der Waals surface area (Å²) in [7, 11) is 0. The third-order valence-corrected chi connectivity index (χ3v) is 7.33. The van der Waals surface area contributed by atoms with Crippen molar-refractivity contribution in [2.24, 2.45) is 5.92 Å². The molecule has 0 radical (unpaired) electrons. The lowest BCUT2D eigenvalue weighted by molar-refractivity contribution is -0.157. The highest BCUT2D eigenvalue weighted by Gasteiger charge is 2.27. The van der Waals surface area contributed by atoms with Gasteiger partial charge in [0.1, 0.15) is 6.10 Å². The van der Waals surface area contributed by atoms with Gasteiger partial charge in [0.2, 0.25) is 0 Å². The smallest absolute Gasteiger partial charge is 0.340 e. The Bertz CT molecular complexity index is 962. The van der Waals surface area contributed by atoms with E-state index >= 15 is 0 Å². The number of hydrogen-bond acceptors (Lipinski definition) is 5. The molecule has 210 valence electrons. The lowest BCUT2D eigenvalue weighted by atomic mass is 9.88. The van der Waals surface area contributed by atoms with Crippen LogP contribution >= 0.6 is 0 Å². The van der Waals surface area contributed by atoms with Gasteiger partial charge in [-0.2, -0.15) is 0 Å². The van der Waals surface area contributed by atoms with Gasteiger partial charge in [0.05, 0.1) is 6.61 Å². The summed E-state index contributed by atoms with van der Waals surface area (Å²) in [6.07, 6.45) is 15.0. The SMILES string of the molecule is CCCCCCCCc1cnc(-c2ccc(OCC3CCC(OC(=O)[C@@H](F)CCCC)CC3)c(F)c2)nc1. The maximum Gasteiger partial charge on any atom is 0.340 e. The van der Waals surface area contributed by atoms with E-state index in [0.717, 1.165) is 37.7 Å². The number of unbranched alkanes of at least 4 members (excludes halogenated alkanes) is 6. The molecule has 0 bridgehead atoms. The molecule has 38 heavy (non-hydrogen) atoms. The molecule has 1 saturated carbocycles. The minimum absolute atomic E-state index is 0.207. The van der Waals surface area contributed by atoms with Gasteiger partial charge in [-0.3, -0.25) is 0 Å². The molecular weight excluding hydrogens is 486 g/mol. The molecule has 1 aliphatic rings. The molecule has 1 aromatic carbocycles. The highest BCUT2D eigenvalue weighted by Crippen LogP contribution is 2.29. The molecule has 0 N–H and O–H groups in total. The first-order valence-electron chi connectivity index (χ1n) is 14.6. The highest BCUT2D eigenvalue weighted by molar-refractivity contribution is 5.74. The van der Waals surface area contributed by atoms with Crippen molar-refractivity contribution in [2.45, 2.75) is 116 Å². The number of carbonyl (C=O) groups excluding carboxylic acids is 1. The summed E-state index contributed by atoms with van der Waals surface area (Å²) >= 11 is 0. The van der Waals surface area contributed by atoms with Crippen molar-refractivity contribution >= 4 is 5.97 Å². The molecule has 2 aromatic rings. The molecule has 0 saturated heterocycles. The number of esters is 1. The van der Waals surface area contributed by atoms with E-state index in [1.54, 1.807) is 12.1 Å². The number of aromatic nitrogens is 2. The van der Waals surface area contributed by atoms with Crippen LogP contribution in [0.25, 0.3) is 11.4 Å². The van der Waals surface area contributed by atoms with Crippen LogP contribution in [0.4, 0.5) is 8.78 Å². The van der Waals surface area contributed by atoms with Crippen LogP contribution in [-0.2, 0) is 16.0 Å². The summed E-state index contributed by atoms with van der Waals surface area (Å²) in [4.78, 5) is 20.8. The van der Waals surface area contributed by atoms with E-state index in [9.17, 15) is 13.6 Å². The quantitative estimate of drug-likeness (QED) is 0.162. The molecule has 1 atom stereocenters. The number of rotatable bonds is 16. The van der Waals surface area contributed by atoms with Gasteiger partial charge in [-0.1, -0.05) is 58.8 Å². The summed E-state index contributed by atoms with van der Waals surface area (Å²) in [5, 5.41) is 0. The third-order valence-electron chi connectivity index (χ3n) is 7.33. The first kappa shape index (κ1) is 30.0. The first-order valence-corrected chi connectivity index (χ1v) is 14.6. The number of ether oxygens (including phenoxy) is 2. The molecule has 0 spiro atoms. The van der Waals surface area contributed by atoms with Gasteiger partial charge in [0.15, 0.2) is 23.6 Å². The van der Waals surface area contributed by atoms with Crippen LogP contribution in [0.2, 0.25) is 0 Å². The average molecular weight is 531 g/mol. The summed E-state index contributed by atoms with van der Waals surface area (Å²) < 4.78 is 39.8. The van der Waals surface area contributed by atoms with Gasteiger partial charge in [0, 0.05) is 18.0 Å². The van der Waals surface area contributed by atoms with Crippen molar-refractivity contribution in [3.8, 4) is 17.1 Å². The average Bonchev–Trinajstić information content (AvgIpc) is 2.94. The van der Waals surface area contributed by atoms with Crippen molar-refractivity contribution in [1.82, 2.24) is 9.97 Å². The summed E-state index contributed by atoms with van der Waals surface area (Å²) in [5.74, 6) is -0.228. The topological polar surface area (TPSA) is 61.3 Å². The zero-order valence-corrected chi connectivity index (χ0v) is 23.1. The maximum absolute atomic E-state index is 14.8. The van der Waals surface area contributed by atoms with Gasteiger partial charge in [-0.05, 0) is 74.6 Å². The molecule has 1 fully saturated rings. The number of aryl methyl sites for hydroxylation is 1. The lowest BCUT2D eigenvalue weighted by Crippen LogP contribution is -2.30. The number of halogens is 2.